The molecule has 0 saturated heterocycles. The maximum atomic E-state index is 10.7. The van der Waals surface area contributed by atoms with E-state index in [2.05, 4.69) is 25.1 Å². The van der Waals surface area contributed by atoms with Crippen LogP contribution in [0.2, 0.25) is 0 Å². The molecule has 3 rings (SSSR count). The van der Waals surface area contributed by atoms with Gasteiger partial charge in [-0.3, -0.25) is 4.79 Å². The molecule has 1 heterocycles. The third kappa shape index (κ3) is 3.30. The van der Waals surface area contributed by atoms with E-state index in [-0.39, 0.29) is 12.0 Å². The molecule has 0 spiro atoms. The lowest BCUT2D eigenvalue weighted by molar-refractivity contribution is -0.136. The zero-order chi connectivity index (χ0) is 15.6. The van der Waals surface area contributed by atoms with Gasteiger partial charge in [0.25, 0.3) is 0 Å². The first-order valence-corrected chi connectivity index (χ1v) is 7.61. The Morgan fingerprint density at radius 2 is 1.95 bits per heavy atom. The minimum atomic E-state index is -0.759. The monoisotopic (exact) mass is 296 g/mol. The summed E-state index contributed by atoms with van der Waals surface area (Å²) >= 11 is 0. The lowest BCUT2D eigenvalue weighted by Gasteiger charge is -2.24. The third-order valence-electron chi connectivity index (χ3n) is 4.09. The molecule has 22 heavy (non-hydrogen) atoms. The fraction of sp³-hybridized carbons (Fsp3) is 0.316. The minimum Gasteiger partial charge on any atom is -0.487 e. The average molecular weight is 296 g/mol. The van der Waals surface area contributed by atoms with Crippen molar-refractivity contribution in [3.8, 4) is 5.75 Å². The molecule has 2 aromatic carbocycles. The van der Waals surface area contributed by atoms with Gasteiger partial charge in [-0.2, -0.15) is 0 Å². The Labute approximate surface area is 130 Å². The molecule has 0 amide bonds. The van der Waals surface area contributed by atoms with E-state index < -0.39 is 5.97 Å². The summed E-state index contributed by atoms with van der Waals surface area (Å²) in [5, 5.41) is 8.79. The summed E-state index contributed by atoms with van der Waals surface area (Å²) in [6.45, 7) is 2.14. The Bertz CT molecular complexity index is 678. The van der Waals surface area contributed by atoms with Crippen molar-refractivity contribution in [3.05, 3.63) is 65.2 Å². The van der Waals surface area contributed by atoms with Crippen molar-refractivity contribution in [3.63, 3.8) is 0 Å². The van der Waals surface area contributed by atoms with E-state index in [0.717, 1.165) is 24.2 Å². The maximum Gasteiger partial charge on any atom is 0.303 e. The summed E-state index contributed by atoms with van der Waals surface area (Å²) in [6, 6.07) is 16.4. The number of carboxylic acid groups (broad SMARTS) is 1. The van der Waals surface area contributed by atoms with Crippen LogP contribution >= 0.6 is 0 Å². The molecule has 2 aromatic rings. The first-order valence-electron chi connectivity index (χ1n) is 7.61. The minimum absolute atomic E-state index is 0.168. The normalized spacial score (nSPS) is 19.5. The number of carbonyl (C=O) groups is 1. The van der Waals surface area contributed by atoms with Crippen LogP contribution in [0.5, 0.6) is 5.75 Å². The Morgan fingerprint density at radius 1 is 1.18 bits per heavy atom. The predicted molar refractivity (Wildman–Crippen MR) is 85.3 cm³/mol. The van der Waals surface area contributed by atoms with Gasteiger partial charge in [-0.05, 0) is 36.1 Å². The predicted octanol–water partition coefficient (Wildman–Crippen LogP) is 3.64. The van der Waals surface area contributed by atoms with Crippen molar-refractivity contribution in [2.75, 3.05) is 0 Å². The summed E-state index contributed by atoms with van der Waals surface area (Å²) in [5.74, 6) is 0.170. The van der Waals surface area contributed by atoms with Crippen LogP contribution in [0.3, 0.4) is 0 Å². The number of fused-ring (bicyclic) bond motifs is 1. The van der Waals surface area contributed by atoms with E-state index in [9.17, 15) is 4.79 Å². The zero-order valence-corrected chi connectivity index (χ0v) is 12.7. The molecule has 114 valence electrons. The summed E-state index contributed by atoms with van der Waals surface area (Å²) in [4.78, 5) is 10.7. The second kappa shape index (κ2) is 5.84. The van der Waals surface area contributed by atoms with E-state index in [1.54, 1.807) is 0 Å². The molecule has 0 radical (unpaired) electrons. The smallest absolute Gasteiger partial charge is 0.303 e. The highest BCUT2D eigenvalue weighted by Crippen LogP contribution is 2.37. The standard InChI is InChI=1S/C19H20O3/c1-19(12-15-5-3-2-4-6-15)13-16-11-14(8-10-18(20)21)7-9-17(16)22-19/h2-7,9,11H,8,10,12-13H2,1H3,(H,20,21). The maximum absolute atomic E-state index is 10.7. The van der Waals surface area contributed by atoms with Gasteiger partial charge in [-0.25, -0.2) is 0 Å². The molecule has 3 nitrogen and oxygen atoms in total. The summed E-state index contributed by atoms with van der Waals surface area (Å²) in [5.41, 5.74) is 3.29. The van der Waals surface area contributed by atoms with Crippen molar-refractivity contribution >= 4 is 5.97 Å². The number of hydrogen-bond acceptors (Lipinski definition) is 2. The third-order valence-corrected chi connectivity index (χ3v) is 4.09. The molecule has 0 aliphatic carbocycles. The van der Waals surface area contributed by atoms with Crippen LogP contribution < -0.4 is 4.74 Å². The Hall–Kier alpha value is -2.29. The van der Waals surface area contributed by atoms with Gasteiger partial charge >= 0.3 is 5.97 Å². The van der Waals surface area contributed by atoms with Crippen LogP contribution in [0.4, 0.5) is 0 Å². The largest absolute Gasteiger partial charge is 0.487 e. The van der Waals surface area contributed by atoms with Crippen LogP contribution in [-0.2, 0) is 24.1 Å². The molecule has 0 bridgehead atoms. The van der Waals surface area contributed by atoms with Crippen molar-refractivity contribution in [1.82, 2.24) is 0 Å². The van der Waals surface area contributed by atoms with Gasteiger partial charge in [-0.1, -0.05) is 42.5 Å². The summed E-state index contributed by atoms with van der Waals surface area (Å²) < 4.78 is 6.16. The number of aryl methyl sites for hydroxylation is 1. The average Bonchev–Trinajstić information content (AvgIpc) is 2.81. The van der Waals surface area contributed by atoms with Crippen molar-refractivity contribution in [2.45, 2.75) is 38.2 Å². The van der Waals surface area contributed by atoms with E-state index >= 15 is 0 Å². The van der Waals surface area contributed by atoms with Gasteiger partial charge < -0.3 is 9.84 Å². The highest BCUT2D eigenvalue weighted by Gasteiger charge is 2.34. The van der Waals surface area contributed by atoms with Crippen molar-refractivity contribution < 1.29 is 14.6 Å². The van der Waals surface area contributed by atoms with Gasteiger partial charge in [0.15, 0.2) is 0 Å². The highest BCUT2D eigenvalue weighted by molar-refractivity contribution is 5.67. The number of hydrogen-bond donors (Lipinski definition) is 1. The highest BCUT2D eigenvalue weighted by atomic mass is 16.5. The Morgan fingerprint density at radius 3 is 2.68 bits per heavy atom. The molecule has 1 aliphatic rings. The van der Waals surface area contributed by atoms with Crippen LogP contribution in [0.25, 0.3) is 0 Å². The number of ether oxygens (including phenoxy) is 1. The molecule has 3 heteroatoms. The van der Waals surface area contributed by atoms with Gasteiger partial charge in [-0.15, -0.1) is 0 Å². The molecule has 0 aromatic heterocycles. The first-order chi connectivity index (χ1) is 10.5. The van der Waals surface area contributed by atoms with Crippen LogP contribution in [0.1, 0.15) is 30.0 Å². The van der Waals surface area contributed by atoms with Crippen molar-refractivity contribution in [1.29, 1.82) is 0 Å². The fourth-order valence-electron chi connectivity index (χ4n) is 3.11. The van der Waals surface area contributed by atoms with Crippen molar-refractivity contribution in [2.24, 2.45) is 0 Å². The van der Waals surface area contributed by atoms with Crippen LogP contribution in [0, 0.1) is 0 Å². The molecule has 0 fully saturated rings. The van der Waals surface area contributed by atoms with E-state index in [0.29, 0.717) is 6.42 Å². The lowest BCUT2D eigenvalue weighted by atomic mass is 9.91. The van der Waals surface area contributed by atoms with Gasteiger partial charge in [0.1, 0.15) is 11.4 Å². The van der Waals surface area contributed by atoms with E-state index in [4.69, 9.17) is 9.84 Å². The molecule has 0 saturated carbocycles. The van der Waals surface area contributed by atoms with E-state index in [1.165, 1.54) is 11.1 Å². The van der Waals surface area contributed by atoms with Gasteiger partial charge in [0.2, 0.25) is 0 Å². The Balaban J connectivity index is 1.73. The van der Waals surface area contributed by atoms with Gasteiger partial charge in [0.05, 0.1) is 0 Å². The molecule has 1 unspecified atom stereocenters. The summed E-state index contributed by atoms with van der Waals surface area (Å²) in [6.07, 6.45) is 2.46. The molecule has 1 N–H and O–H groups in total. The fourth-order valence-corrected chi connectivity index (χ4v) is 3.11. The number of benzene rings is 2. The second-order valence-electron chi connectivity index (χ2n) is 6.23. The van der Waals surface area contributed by atoms with Gasteiger partial charge in [0, 0.05) is 19.3 Å². The first kappa shape index (κ1) is 14.6. The quantitative estimate of drug-likeness (QED) is 0.916. The Kier molecular flexibility index (Phi) is 3.88. The molecular weight excluding hydrogens is 276 g/mol. The number of aliphatic carboxylic acids is 1. The summed E-state index contributed by atoms with van der Waals surface area (Å²) in [7, 11) is 0. The second-order valence-corrected chi connectivity index (χ2v) is 6.23. The van der Waals surface area contributed by atoms with E-state index in [1.807, 2.05) is 30.3 Å². The molecule has 1 atom stereocenters. The topological polar surface area (TPSA) is 46.5 Å². The van der Waals surface area contributed by atoms with Crippen LogP contribution in [-0.4, -0.2) is 16.7 Å². The zero-order valence-electron chi connectivity index (χ0n) is 12.7. The SMILES string of the molecule is CC1(Cc2ccccc2)Cc2cc(CCC(=O)O)ccc2O1. The molecule has 1 aliphatic heterocycles. The lowest BCUT2D eigenvalue weighted by Crippen LogP contribution is -2.32. The number of rotatable bonds is 5. The molecular formula is C19H20O3. The van der Waals surface area contributed by atoms with Crippen LogP contribution in [0.15, 0.2) is 48.5 Å². The number of carboxylic acids is 1.